The quantitative estimate of drug-likeness (QED) is 0.694. The number of nitrogens with one attached hydrogen (secondary N) is 2. The number of amides is 1. The third-order valence-corrected chi connectivity index (χ3v) is 5.58. The number of hydrogen-bond acceptors (Lipinski definition) is 3. The monoisotopic (exact) mass is 320 g/mol. The molecule has 1 amide bonds. The van der Waals surface area contributed by atoms with Crippen LogP contribution in [0.25, 0.3) is 0 Å². The first-order valence-electron chi connectivity index (χ1n) is 8.59. The molecule has 0 aromatic heterocycles. The average Bonchev–Trinajstić information content (AvgIpc) is 2.93. The van der Waals surface area contributed by atoms with Gasteiger partial charge in [-0.25, -0.2) is 0 Å². The molecule has 1 saturated heterocycles. The van der Waals surface area contributed by atoms with Crippen molar-refractivity contribution in [1.29, 1.82) is 0 Å². The number of aliphatic carboxylic acids is 1. The SMILES string of the molecule is CC1(C)CC(NC(=O)C2C3C=CC(C3)C2C(=O)O)CC(C)(C)N1. The molecule has 2 fully saturated rings. The van der Waals surface area contributed by atoms with E-state index >= 15 is 0 Å². The lowest BCUT2D eigenvalue weighted by Gasteiger charge is -2.47. The van der Waals surface area contributed by atoms with Crippen LogP contribution in [0.4, 0.5) is 0 Å². The van der Waals surface area contributed by atoms with E-state index in [2.05, 4.69) is 38.3 Å². The molecule has 0 aromatic carbocycles. The Morgan fingerprint density at radius 3 is 2.09 bits per heavy atom. The molecule has 1 heterocycles. The maximum atomic E-state index is 12.8. The van der Waals surface area contributed by atoms with Gasteiger partial charge in [-0.2, -0.15) is 0 Å². The Hall–Kier alpha value is -1.36. The molecular weight excluding hydrogens is 292 g/mol. The van der Waals surface area contributed by atoms with E-state index in [0.29, 0.717) is 0 Å². The molecule has 2 bridgehead atoms. The lowest BCUT2D eigenvalue weighted by Crippen LogP contribution is -2.62. The molecule has 3 rings (SSSR count). The number of carbonyl (C=O) groups is 2. The largest absolute Gasteiger partial charge is 0.481 e. The summed E-state index contributed by atoms with van der Waals surface area (Å²) in [5, 5.41) is 16.3. The van der Waals surface area contributed by atoms with Crippen molar-refractivity contribution in [1.82, 2.24) is 10.6 Å². The molecule has 3 N–H and O–H groups in total. The van der Waals surface area contributed by atoms with Crippen LogP contribution in [0.3, 0.4) is 0 Å². The van der Waals surface area contributed by atoms with Crippen LogP contribution in [-0.2, 0) is 9.59 Å². The topological polar surface area (TPSA) is 78.4 Å². The van der Waals surface area contributed by atoms with Crippen LogP contribution in [0.5, 0.6) is 0 Å². The van der Waals surface area contributed by atoms with Crippen LogP contribution in [-0.4, -0.2) is 34.1 Å². The van der Waals surface area contributed by atoms with E-state index in [1.54, 1.807) is 0 Å². The van der Waals surface area contributed by atoms with E-state index < -0.39 is 17.8 Å². The fourth-order valence-corrected chi connectivity index (χ4v) is 5.24. The number of rotatable bonds is 3. The molecule has 3 aliphatic rings. The summed E-state index contributed by atoms with van der Waals surface area (Å²) in [4.78, 5) is 24.4. The number of carboxylic acids is 1. The molecule has 5 nitrogen and oxygen atoms in total. The third kappa shape index (κ3) is 3.16. The van der Waals surface area contributed by atoms with Gasteiger partial charge in [0.2, 0.25) is 5.91 Å². The second-order valence-electron chi connectivity index (χ2n) is 8.84. The molecule has 0 spiro atoms. The first-order valence-corrected chi connectivity index (χ1v) is 8.59. The van der Waals surface area contributed by atoms with E-state index in [1.807, 2.05) is 12.2 Å². The van der Waals surface area contributed by atoms with E-state index in [1.165, 1.54) is 0 Å². The summed E-state index contributed by atoms with van der Waals surface area (Å²) in [5.74, 6) is -1.78. The predicted molar refractivity (Wildman–Crippen MR) is 87.8 cm³/mol. The highest BCUT2D eigenvalue weighted by atomic mass is 16.4. The summed E-state index contributed by atoms with van der Waals surface area (Å²) in [6, 6.07) is 0.0892. The van der Waals surface area contributed by atoms with Gasteiger partial charge in [-0.15, -0.1) is 0 Å². The number of carboxylic acid groups (broad SMARTS) is 1. The Labute approximate surface area is 137 Å². The van der Waals surface area contributed by atoms with E-state index in [0.717, 1.165) is 19.3 Å². The maximum Gasteiger partial charge on any atom is 0.307 e. The Morgan fingerprint density at radius 1 is 1.04 bits per heavy atom. The normalized spacial score (nSPS) is 37.7. The van der Waals surface area contributed by atoms with Crippen molar-refractivity contribution in [2.24, 2.45) is 23.7 Å². The fraction of sp³-hybridized carbons (Fsp3) is 0.778. The third-order valence-electron chi connectivity index (χ3n) is 5.58. The Balaban J connectivity index is 1.72. The molecule has 1 saturated carbocycles. The number of fused-ring (bicyclic) bond motifs is 2. The van der Waals surface area contributed by atoms with Crippen molar-refractivity contribution in [2.45, 2.75) is 64.1 Å². The zero-order chi connectivity index (χ0) is 17.0. The fourth-order valence-electron chi connectivity index (χ4n) is 5.24. The maximum absolute atomic E-state index is 12.8. The highest BCUT2D eigenvalue weighted by Gasteiger charge is 2.52. The van der Waals surface area contributed by atoms with Crippen molar-refractivity contribution in [3.8, 4) is 0 Å². The van der Waals surface area contributed by atoms with Gasteiger partial charge in [-0.1, -0.05) is 12.2 Å². The molecule has 5 heteroatoms. The minimum absolute atomic E-state index is 0.0224. The van der Waals surface area contributed by atoms with Gasteiger partial charge in [-0.05, 0) is 58.8 Å². The summed E-state index contributed by atoms with van der Waals surface area (Å²) < 4.78 is 0. The van der Waals surface area contributed by atoms with Crippen LogP contribution in [0.2, 0.25) is 0 Å². The number of allylic oxidation sites excluding steroid dienone is 2. The minimum atomic E-state index is -0.840. The van der Waals surface area contributed by atoms with Gasteiger partial charge in [0.25, 0.3) is 0 Å². The van der Waals surface area contributed by atoms with Gasteiger partial charge < -0.3 is 15.7 Å². The van der Waals surface area contributed by atoms with E-state index in [-0.39, 0.29) is 34.9 Å². The summed E-state index contributed by atoms with van der Waals surface area (Å²) in [6.45, 7) is 8.58. The van der Waals surface area contributed by atoms with Crippen molar-refractivity contribution in [2.75, 3.05) is 0 Å². The van der Waals surface area contributed by atoms with Gasteiger partial charge >= 0.3 is 5.97 Å². The van der Waals surface area contributed by atoms with Gasteiger partial charge in [0.15, 0.2) is 0 Å². The van der Waals surface area contributed by atoms with Crippen molar-refractivity contribution >= 4 is 11.9 Å². The highest BCUT2D eigenvalue weighted by molar-refractivity contribution is 5.87. The molecule has 2 aliphatic carbocycles. The van der Waals surface area contributed by atoms with Crippen LogP contribution in [0.15, 0.2) is 12.2 Å². The Morgan fingerprint density at radius 2 is 1.57 bits per heavy atom. The molecule has 1 aliphatic heterocycles. The van der Waals surface area contributed by atoms with Crippen molar-refractivity contribution in [3.63, 3.8) is 0 Å². The molecule has 0 aromatic rings. The summed E-state index contributed by atoms with van der Waals surface area (Å²) in [6.07, 6.45) is 6.53. The van der Waals surface area contributed by atoms with E-state index in [4.69, 9.17) is 0 Å². The Bertz CT molecular complexity index is 536. The summed E-state index contributed by atoms with van der Waals surface area (Å²) >= 11 is 0. The van der Waals surface area contributed by atoms with Crippen LogP contribution < -0.4 is 10.6 Å². The van der Waals surface area contributed by atoms with E-state index in [9.17, 15) is 14.7 Å². The van der Waals surface area contributed by atoms with Gasteiger partial charge in [0.1, 0.15) is 0 Å². The first-order chi connectivity index (χ1) is 10.6. The lowest BCUT2D eigenvalue weighted by molar-refractivity contribution is -0.148. The molecular formula is C18H28N2O3. The highest BCUT2D eigenvalue weighted by Crippen LogP contribution is 2.48. The molecule has 23 heavy (non-hydrogen) atoms. The average molecular weight is 320 g/mol. The number of piperidine rings is 1. The molecule has 4 unspecified atom stereocenters. The van der Waals surface area contributed by atoms with Gasteiger partial charge in [-0.3, -0.25) is 9.59 Å². The number of hydrogen-bond donors (Lipinski definition) is 3. The number of carbonyl (C=O) groups excluding carboxylic acids is 1. The Kier molecular flexibility index (Phi) is 3.82. The molecule has 0 radical (unpaired) electrons. The van der Waals surface area contributed by atoms with Crippen LogP contribution in [0, 0.1) is 23.7 Å². The zero-order valence-electron chi connectivity index (χ0n) is 14.4. The first kappa shape index (κ1) is 16.5. The summed E-state index contributed by atoms with van der Waals surface area (Å²) in [7, 11) is 0. The van der Waals surface area contributed by atoms with Crippen molar-refractivity contribution < 1.29 is 14.7 Å². The predicted octanol–water partition coefficient (Wildman–Crippen LogP) is 1.93. The van der Waals surface area contributed by atoms with Gasteiger partial charge in [0, 0.05) is 17.1 Å². The molecule has 128 valence electrons. The summed E-state index contributed by atoms with van der Waals surface area (Å²) in [5.41, 5.74) is -0.0824. The molecule has 4 atom stereocenters. The van der Waals surface area contributed by atoms with Crippen LogP contribution in [0.1, 0.15) is 47.0 Å². The minimum Gasteiger partial charge on any atom is -0.481 e. The van der Waals surface area contributed by atoms with Crippen LogP contribution >= 0.6 is 0 Å². The smallest absolute Gasteiger partial charge is 0.307 e. The second-order valence-corrected chi connectivity index (χ2v) is 8.84. The second kappa shape index (κ2) is 5.33. The standard InChI is InChI=1S/C18H28N2O3/c1-17(2)8-12(9-18(3,4)20-17)19-15(21)13-10-5-6-11(7-10)14(13)16(22)23/h5-6,10-14,20H,7-9H2,1-4H3,(H,19,21)(H,22,23). The van der Waals surface area contributed by atoms with Gasteiger partial charge in [0.05, 0.1) is 11.8 Å². The lowest BCUT2D eigenvalue weighted by atomic mass is 9.78. The van der Waals surface area contributed by atoms with Crippen molar-refractivity contribution in [3.05, 3.63) is 12.2 Å². The zero-order valence-corrected chi connectivity index (χ0v) is 14.4.